The number of carbonyl (C=O) groups is 1. The molecule has 0 fully saturated rings. The molecule has 0 aromatic rings. The van der Waals surface area contributed by atoms with Crippen LogP contribution >= 0.6 is 0 Å². The second-order valence-electron chi connectivity index (χ2n) is 4.23. The van der Waals surface area contributed by atoms with Crippen molar-refractivity contribution in [2.24, 2.45) is 5.73 Å². The van der Waals surface area contributed by atoms with E-state index in [-0.39, 0.29) is 12.4 Å². The summed E-state index contributed by atoms with van der Waals surface area (Å²) < 4.78 is 31.1. The molecule has 0 atom stereocenters. The number of ether oxygens (including phenoxy) is 1. The van der Waals surface area contributed by atoms with Gasteiger partial charge < -0.3 is 10.5 Å². The summed E-state index contributed by atoms with van der Waals surface area (Å²) in [6.45, 7) is 6.12. The van der Waals surface area contributed by atoms with E-state index in [1.54, 1.807) is 32.4 Å². The van der Waals surface area contributed by atoms with E-state index in [4.69, 9.17) is 11.1 Å². The highest BCUT2D eigenvalue weighted by Crippen LogP contribution is 2.05. The van der Waals surface area contributed by atoms with Crippen molar-refractivity contribution < 1.29 is 17.9 Å². The quantitative estimate of drug-likeness (QED) is 0.467. The maximum atomic E-state index is 11.9. The number of nitrogens with one attached hydrogen (secondary N) is 2. The molecule has 0 radical (unpaired) electrons. The lowest BCUT2D eigenvalue weighted by Gasteiger charge is -2.25. The average molecular weight is 280 g/mol. The van der Waals surface area contributed by atoms with Gasteiger partial charge >= 0.3 is 16.3 Å². The fourth-order valence-corrected chi connectivity index (χ4v) is 2.36. The van der Waals surface area contributed by atoms with E-state index in [1.165, 1.54) is 0 Å². The zero-order chi connectivity index (χ0) is 14.5. The summed E-state index contributed by atoms with van der Waals surface area (Å²) in [6.07, 6.45) is -1.49. The average Bonchev–Trinajstić information content (AvgIpc) is 2.10. The van der Waals surface area contributed by atoms with E-state index in [1.807, 2.05) is 0 Å². The Bertz CT molecular complexity index is 405. The summed E-state index contributed by atoms with van der Waals surface area (Å²) in [5, 5.41) is 7.12. The first-order chi connectivity index (χ1) is 8.06. The van der Waals surface area contributed by atoms with Gasteiger partial charge in [0.1, 0.15) is 5.84 Å². The lowest BCUT2D eigenvalue weighted by Crippen LogP contribution is -2.50. The first-order valence-electron chi connectivity index (χ1n) is 5.39. The first kappa shape index (κ1) is 16.6. The van der Waals surface area contributed by atoms with Crippen LogP contribution in [0.15, 0.2) is 0 Å². The molecule has 0 aliphatic rings. The van der Waals surface area contributed by atoms with Gasteiger partial charge in [-0.3, -0.25) is 5.41 Å². The molecule has 106 valence electrons. The van der Waals surface area contributed by atoms with Crippen LogP contribution in [0.25, 0.3) is 0 Å². The van der Waals surface area contributed by atoms with E-state index >= 15 is 0 Å². The molecule has 1 amide bonds. The zero-order valence-electron chi connectivity index (χ0n) is 10.9. The Kier molecular flexibility index (Phi) is 6.06. The van der Waals surface area contributed by atoms with Crippen LogP contribution in [0, 0.1) is 5.41 Å². The van der Waals surface area contributed by atoms with Crippen molar-refractivity contribution in [3.05, 3.63) is 0 Å². The Morgan fingerprint density at radius 2 is 1.89 bits per heavy atom. The molecule has 0 saturated carbocycles. The van der Waals surface area contributed by atoms with Gasteiger partial charge in [0.25, 0.3) is 0 Å². The monoisotopic (exact) mass is 280 g/mol. The number of nitrogens with zero attached hydrogens (tertiary/aromatic N) is 1. The Hall–Kier alpha value is -1.35. The maximum Gasteiger partial charge on any atom is 0.422 e. The molecule has 9 heteroatoms. The zero-order valence-corrected chi connectivity index (χ0v) is 11.7. The molecule has 8 nitrogen and oxygen atoms in total. The second-order valence-corrected chi connectivity index (χ2v) is 5.85. The maximum absolute atomic E-state index is 11.9. The van der Waals surface area contributed by atoms with Crippen molar-refractivity contribution in [3.8, 4) is 0 Å². The minimum atomic E-state index is -4.07. The van der Waals surface area contributed by atoms with Crippen LogP contribution in [0.2, 0.25) is 0 Å². The van der Waals surface area contributed by atoms with Crippen molar-refractivity contribution >= 4 is 22.1 Å². The fourth-order valence-electron chi connectivity index (χ4n) is 1.12. The number of amides is 1. The molecule has 0 aromatic heterocycles. The van der Waals surface area contributed by atoms with Crippen molar-refractivity contribution in [1.82, 2.24) is 9.03 Å². The third-order valence-corrected chi connectivity index (χ3v) is 3.36. The summed E-state index contributed by atoms with van der Waals surface area (Å²) >= 11 is 0. The van der Waals surface area contributed by atoms with Gasteiger partial charge in [-0.2, -0.15) is 12.7 Å². The van der Waals surface area contributed by atoms with Crippen LogP contribution in [-0.4, -0.2) is 43.3 Å². The minimum Gasteiger partial charge on any atom is -0.446 e. The normalized spacial score (nSPS) is 11.9. The molecule has 0 rings (SSSR count). The predicted molar refractivity (Wildman–Crippen MR) is 67.4 cm³/mol. The first-order valence-corrected chi connectivity index (χ1v) is 6.83. The van der Waals surface area contributed by atoms with Gasteiger partial charge in [0, 0.05) is 6.04 Å². The van der Waals surface area contributed by atoms with Crippen LogP contribution < -0.4 is 10.5 Å². The Labute approximate surface area is 107 Å². The summed E-state index contributed by atoms with van der Waals surface area (Å²) in [5.41, 5.74) is 5.17. The molecule has 0 bridgehead atoms. The number of carbonyl (C=O) groups excluding carboxylic acids is 1. The lowest BCUT2D eigenvalue weighted by molar-refractivity contribution is 0.121. The van der Waals surface area contributed by atoms with Crippen molar-refractivity contribution in [3.63, 3.8) is 0 Å². The molecule has 4 N–H and O–H groups in total. The Morgan fingerprint density at radius 1 is 1.39 bits per heavy atom. The van der Waals surface area contributed by atoms with Gasteiger partial charge in [-0.15, -0.1) is 0 Å². The molecule has 0 aromatic carbocycles. The van der Waals surface area contributed by atoms with E-state index in [0.717, 1.165) is 4.31 Å². The number of nitrogens with two attached hydrogens (primary N) is 1. The van der Waals surface area contributed by atoms with Crippen molar-refractivity contribution in [2.75, 3.05) is 6.54 Å². The summed E-state index contributed by atoms with van der Waals surface area (Å²) in [6, 6.07) is -0.446. The van der Waals surface area contributed by atoms with Gasteiger partial charge in [0.15, 0.2) is 0 Å². The number of hydrogen-bond donors (Lipinski definition) is 3. The molecule has 0 saturated heterocycles. The van der Waals surface area contributed by atoms with Gasteiger partial charge in [0.05, 0.1) is 12.6 Å². The standard InChI is InChI=1S/C9H20N4O4S/c1-6(2)13(5-8(10)11)18(15,16)12-9(14)17-7(3)4/h6-7H,5H2,1-4H3,(H3,10,11)(H,12,14). The summed E-state index contributed by atoms with van der Waals surface area (Å²) in [5.74, 6) is -0.314. The SMILES string of the molecule is CC(C)OC(=O)NS(=O)(=O)N(CC(=N)N)C(C)C. The Balaban J connectivity index is 4.86. The second kappa shape index (κ2) is 6.55. The van der Waals surface area contributed by atoms with Gasteiger partial charge in [-0.05, 0) is 27.7 Å². The van der Waals surface area contributed by atoms with Crippen LogP contribution in [0.5, 0.6) is 0 Å². The molecule has 0 heterocycles. The molecular formula is C9H20N4O4S. The molecule has 0 aliphatic carbocycles. The van der Waals surface area contributed by atoms with Gasteiger partial charge in [0.2, 0.25) is 0 Å². The molecule has 0 aliphatic heterocycles. The highest BCUT2D eigenvalue weighted by atomic mass is 32.2. The third-order valence-electron chi connectivity index (χ3n) is 1.77. The summed E-state index contributed by atoms with van der Waals surface area (Å²) in [4.78, 5) is 11.3. The molecule has 0 unspecified atom stereocenters. The lowest BCUT2D eigenvalue weighted by atomic mass is 10.4. The van der Waals surface area contributed by atoms with Crippen LogP contribution in [0.4, 0.5) is 4.79 Å². The van der Waals surface area contributed by atoms with Crippen LogP contribution in [0.3, 0.4) is 0 Å². The highest BCUT2D eigenvalue weighted by Gasteiger charge is 2.28. The highest BCUT2D eigenvalue weighted by molar-refractivity contribution is 7.87. The number of rotatable bonds is 6. The predicted octanol–water partition coefficient (Wildman–Crippen LogP) is 0.0122. The largest absolute Gasteiger partial charge is 0.446 e. The van der Waals surface area contributed by atoms with E-state index in [0.29, 0.717) is 0 Å². The van der Waals surface area contributed by atoms with E-state index in [2.05, 4.69) is 4.74 Å². The summed E-state index contributed by atoms with van der Waals surface area (Å²) in [7, 11) is -4.07. The van der Waals surface area contributed by atoms with Crippen LogP contribution in [-0.2, 0) is 14.9 Å². The fraction of sp³-hybridized carbons (Fsp3) is 0.778. The molecule has 18 heavy (non-hydrogen) atoms. The molecule has 0 spiro atoms. The number of hydrogen-bond acceptors (Lipinski definition) is 5. The topological polar surface area (TPSA) is 126 Å². The van der Waals surface area contributed by atoms with Gasteiger partial charge in [-0.1, -0.05) is 0 Å². The smallest absolute Gasteiger partial charge is 0.422 e. The van der Waals surface area contributed by atoms with Crippen molar-refractivity contribution in [1.29, 1.82) is 5.41 Å². The minimum absolute atomic E-state index is 0.290. The van der Waals surface area contributed by atoms with Gasteiger partial charge in [-0.25, -0.2) is 9.52 Å². The molecular weight excluding hydrogens is 260 g/mol. The Morgan fingerprint density at radius 3 is 2.22 bits per heavy atom. The van der Waals surface area contributed by atoms with E-state index < -0.39 is 28.4 Å². The van der Waals surface area contributed by atoms with Crippen molar-refractivity contribution in [2.45, 2.75) is 39.8 Å². The third kappa shape index (κ3) is 5.82. The van der Waals surface area contributed by atoms with E-state index in [9.17, 15) is 13.2 Å². The number of amidine groups is 1. The van der Waals surface area contributed by atoms with Crippen LogP contribution in [0.1, 0.15) is 27.7 Å².